The number of thiophene rings is 1. The van der Waals surface area contributed by atoms with Crippen LogP contribution >= 0.6 is 23.1 Å². The van der Waals surface area contributed by atoms with Crippen molar-refractivity contribution in [3.63, 3.8) is 0 Å². The van der Waals surface area contributed by atoms with Crippen molar-refractivity contribution in [2.24, 2.45) is 0 Å². The van der Waals surface area contributed by atoms with Crippen LogP contribution in [0.4, 0.5) is 0 Å². The molecule has 0 amide bonds. The number of hydrogen-bond acceptors (Lipinski definition) is 5. The fourth-order valence-electron chi connectivity index (χ4n) is 1.61. The van der Waals surface area contributed by atoms with Crippen molar-refractivity contribution in [1.82, 2.24) is 10.0 Å². The first-order valence-corrected chi connectivity index (χ1v) is 9.70. The van der Waals surface area contributed by atoms with Gasteiger partial charge in [0.25, 0.3) is 0 Å². The Balaban J connectivity index is 2.79. The van der Waals surface area contributed by atoms with Gasteiger partial charge in [0.05, 0.1) is 0 Å². The predicted octanol–water partition coefficient (Wildman–Crippen LogP) is 2.20. The van der Waals surface area contributed by atoms with Crippen LogP contribution in [0.25, 0.3) is 0 Å². The van der Waals surface area contributed by atoms with E-state index >= 15 is 0 Å². The van der Waals surface area contributed by atoms with Gasteiger partial charge in [-0.2, -0.15) is 11.8 Å². The van der Waals surface area contributed by atoms with Crippen LogP contribution in [-0.2, 0) is 16.6 Å². The monoisotopic (exact) mass is 322 g/mol. The number of thioether (sulfide) groups is 1. The van der Waals surface area contributed by atoms with E-state index in [1.807, 2.05) is 20.9 Å². The largest absolute Gasteiger partial charge is 0.315 e. The highest BCUT2D eigenvalue weighted by Gasteiger charge is 2.20. The van der Waals surface area contributed by atoms with Crippen LogP contribution in [0.5, 0.6) is 0 Å². The van der Waals surface area contributed by atoms with E-state index in [-0.39, 0.29) is 6.04 Å². The fraction of sp³-hybridized carbons (Fsp3) is 0.667. The molecular formula is C12H22N2O2S3. The van der Waals surface area contributed by atoms with Crippen LogP contribution in [0.2, 0.25) is 0 Å². The normalized spacial score (nSPS) is 13.7. The van der Waals surface area contributed by atoms with Gasteiger partial charge in [-0.05, 0) is 38.3 Å². The van der Waals surface area contributed by atoms with Gasteiger partial charge < -0.3 is 5.32 Å². The van der Waals surface area contributed by atoms with E-state index in [1.165, 1.54) is 11.3 Å². The lowest BCUT2D eigenvalue weighted by Crippen LogP contribution is -2.33. The Labute approximate surface area is 124 Å². The summed E-state index contributed by atoms with van der Waals surface area (Å²) >= 11 is 3.07. The molecule has 0 radical (unpaired) electrons. The summed E-state index contributed by atoms with van der Waals surface area (Å²) in [6, 6.07) is 1.70. The van der Waals surface area contributed by atoms with E-state index in [2.05, 4.69) is 17.0 Å². The highest BCUT2D eigenvalue weighted by molar-refractivity contribution is 7.99. The van der Waals surface area contributed by atoms with Crippen LogP contribution in [-0.4, -0.2) is 33.0 Å². The van der Waals surface area contributed by atoms with Gasteiger partial charge in [-0.1, -0.05) is 6.92 Å². The Morgan fingerprint density at radius 2 is 2.16 bits per heavy atom. The maximum Gasteiger partial charge on any atom is 0.250 e. The molecule has 0 bridgehead atoms. The second-order valence-corrected chi connectivity index (χ2v) is 8.78. The molecule has 1 heterocycles. The molecule has 1 rings (SSSR count). The summed E-state index contributed by atoms with van der Waals surface area (Å²) < 4.78 is 27.6. The van der Waals surface area contributed by atoms with Gasteiger partial charge in [-0.3, -0.25) is 0 Å². The quantitative estimate of drug-likeness (QED) is 0.770. The molecule has 110 valence electrons. The average molecular weight is 323 g/mol. The molecule has 0 fully saturated rings. The van der Waals surface area contributed by atoms with Crippen LogP contribution in [0.15, 0.2) is 10.3 Å². The van der Waals surface area contributed by atoms with Crippen LogP contribution in [0.3, 0.4) is 0 Å². The molecular weight excluding hydrogens is 300 g/mol. The first-order chi connectivity index (χ1) is 8.90. The number of aryl methyl sites for hydroxylation is 1. The lowest BCUT2D eigenvalue weighted by atomic mass is 10.3. The summed E-state index contributed by atoms with van der Waals surface area (Å²) in [5, 5.41) is 3.05. The highest BCUT2D eigenvalue weighted by Crippen LogP contribution is 2.26. The van der Waals surface area contributed by atoms with E-state index in [1.54, 1.807) is 17.8 Å². The van der Waals surface area contributed by atoms with Crippen molar-refractivity contribution in [3.05, 3.63) is 16.5 Å². The second-order valence-electron chi connectivity index (χ2n) is 4.38. The van der Waals surface area contributed by atoms with Gasteiger partial charge in [0.1, 0.15) is 4.21 Å². The third-order valence-corrected chi connectivity index (χ3v) is 6.97. The third kappa shape index (κ3) is 5.07. The van der Waals surface area contributed by atoms with Gasteiger partial charge in [0, 0.05) is 23.2 Å². The summed E-state index contributed by atoms with van der Waals surface area (Å²) in [6.45, 7) is 6.61. The minimum atomic E-state index is -3.38. The minimum Gasteiger partial charge on any atom is -0.315 e. The lowest BCUT2D eigenvalue weighted by molar-refractivity contribution is 0.573. The summed E-state index contributed by atoms with van der Waals surface area (Å²) in [6.07, 6.45) is 0. The molecule has 0 aromatic carbocycles. The lowest BCUT2D eigenvalue weighted by Gasteiger charge is -2.12. The molecule has 4 nitrogen and oxygen atoms in total. The summed E-state index contributed by atoms with van der Waals surface area (Å²) in [4.78, 5) is 1.07. The van der Waals surface area contributed by atoms with Crippen molar-refractivity contribution in [2.45, 2.75) is 37.6 Å². The topological polar surface area (TPSA) is 58.2 Å². The van der Waals surface area contributed by atoms with E-state index in [9.17, 15) is 8.42 Å². The van der Waals surface area contributed by atoms with E-state index < -0.39 is 10.0 Å². The van der Waals surface area contributed by atoms with Crippen LogP contribution < -0.4 is 10.0 Å². The molecule has 1 aromatic rings. The molecule has 7 heteroatoms. The maximum absolute atomic E-state index is 12.2. The number of sulfonamides is 1. The van der Waals surface area contributed by atoms with Crippen molar-refractivity contribution in [3.8, 4) is 0 Å². The van der Waals surface area contributed by atoms with Gasteiger partial charge in [0.15, 0.2) is 0 Å². The Kier molecular flexibility index (Phi) is 6.82. The SMILES string of the molecule is CCSCC(C)NS(=O)(=O)c1cc(C)c(CNC)s1. The van der Waals surface area contributed by atoms with Crippen molar-refractivity contribution in [1.29, 1.82) is 0 Å². The van der Waals surface area contributed by atoms with Crippen molar-refractivity contribution < 1.29 is 8.42 Å². The molecule has 1 unspecified atom stereocenters. The van der Waals surface area contributed by atoms with Gasteiger partial charge in [-0.25, -0.2) is 13.1 Å². The smallest absolute Gasteiger partial charge is 0.250 e. The fourth-order valence-corrected chi connectivity index (χ4v) is 5.25. The zero-order valence-corrected chi connectivity index (χ0v) is 14.3. The molecule has 0 aliphatic heterocycles. The van der Waals surface area contributed by atoms with E-state index in [0.29, 0.717) is 10.8 Å². The van der Waals surface area contributed by atoms with Gasteiger partial charge in [-0.15, -0.1) is 11.3 Å². The third-order valence-electron chi connectivity index (χ3n) is 2.53. The average Bonchev–Trinajstić information content (AvgIpc) is 2.69. The Morgan fingerprint density at radius 3 is 2.74 bits per heavy atom. The minimum absolute atomic E-state index is 0.0508. The van der Waals surface area contributed by atoms with Gasteiger partial charge >= 0.3 is 0 Å². The first kappa shape index (κ1) is 17.0. The molecule has 0 aliphatic rings. The van der Waals surface area contributed by atoms with Crippen molar-refractivity contribution >= 4 is 33.1 Å². The molecule has 0 spiro atoms. The maximum atomic E-state index is 12.2. The van der Waals surface area contributed by atoms with Crippen molar-refractivity contribution in [2.75, 3.05) is 18.6 Å². The Morgan fingerprint density at radius 1 is 1.47 bits per heavy atom. The van der Waals surface area contributed by atoms with Gasteiger partial charge in [0.2, 0.25) is 10.0 Å². The first-order valence-electron chi connectivity index (χ1n) is 6.24. The Bertz CT molecular complexity index is 497. The summed E-state index contributed by atoms with van der Waals surface area (Å²) in [5.74, 6) is 1.79. The predicted molar refractivity (Wildman–Crippen MR) is 84.6 cm³/mol. The van der Waals surface area contributed by atoms with Crippen LogP contribution in [0, 0.1) is 6.92 Å². The number of hydrogen-bond donors (Lipinski definition) is 2. The molecule has 1 atom stereocenters. The van der Waals surface area contributed by atoms with Crippen LogP contribution in [0.1, 0.15) is 24.3 Å². The number of nitrogens with one attached hydrogen (secondary N) is 2. The molecule has 2 N–H and O–H groups in total. The standard InChI is InChI=1S/C12H22N2O2S3/c1-5-17-8-10(3)14-19(15,16)12-6-9(2)11(18-12)7-13-4/h6,10,13-14H,5,7-8H2,1-4H3. The number of rotatable bonds is 8. The molecule has 0 saturated carbocycles. The summed E-state index contributed by atoms with van der Waals surface area (Å²) in [5.41, 5.74) is 1.02. The van der Waals surface area contributed by atoms with E-state index in [4.69, 9.17) is 0 Å². The molecule has 0 aliphatic carbocycles. The summed E-state index contributed by atoms with van der Waals surface area (Å²) in [7, 11) is -1.53. The zero-order chi connectivity index (χ0) is 14.5. The van der Waals surface area contributed by atoms with E-state index in [0.717, 1.165) is 21.9 Å². The zero-order valence-electron chi connectivity index (χ0n) is 11.8. The second kappa shape index (κ2) is 7.64. The Hall–Kier alpha value is -0.0800. The highest BCUT2D eigenvalue weighted by atomic mass is 32.2. The molecule has 0 saturated heterocycles. The molecule has 1 aromatic heterocycles. The molecule has 19 heavy (non-hydrogen) atoms.